The van der Waals surface area contributed by atoms with Crippen LogP contribution in [0, 0.1) is 17.0 Å². The van der Waals surface area contributed by atoms with Gasteiger partial charge in [-0.15, -0.1) is 23.1 Å². The number of aromatic nitrogens is 1. The zero-order valence-corrected chi connectivity index (χ0v) is 17.4. The first-order chi connectivity index (χ1) is 14.0. The number of aryl methyl sites for hydroxylation is 1. The van der Waals surface area contributed by atoms with Crippen molar-refractivity contribution in [3.05, 3.63) is 80.3 Å². The maximum Gasteiger partial charge on any atom is 0.269 e. The summed E-state index contributed by atoms with van der Waals surface area (Å²) < 4.78 is 0. The summed E-state index contributed by atoms with van der Waals surface area (Å²) in [6.45, 7) is 2.92. The molecule has 0 fully saturated rings. The number of rotatable bonds is 9. The molecule has 29 heavy (non-hydrogen) atoms. The number of nitro benzene ring substituents is 1. The molecule has 0 saturated heterocycles. The number of hydrogen-bond acceptors (Lipinski definition) is 7. The molecule has 9 heteroatoms. The van der Waals surface area contributed by atoms with Gasteiger partial charge < -0.3 is 10.6 Å². The average molecular weight is 429 g/mol. The Morgan fingerprint density at radius 3 is 2.62 bits per heavy atom. The first-order valence-corrected chi connectivity index (χ1v) is 10.8. The first kappa shape index (κ1) is 20.8. The number of benzene rings is 2. The molecule has 0 atom stereocenters. The average Bonchev–Trinajstić information content (AvgIpc) is 3.15. The molecule has 1 aromatic heterocycles. The van der Waals surface area contributed by atoms with Crippen LogP contribution in [0.4, 0.5) is 11.4 Å². The molecular weight excluding hydrogens is 408 g/mol. The van der Waals surface area contributed by atoms with Gasteiger partial charge >= 0.3 is 0 Å². The molecule has 1 amide bonds. The molecule has 0 aliphatic heterocycles. The normalized spacial score (nSPS) is 10.5. The number of hydrogen-bond donors (Lipinski definition) is 2. The SMILES string of the molecule is Cc1nc(CSc2ccccc2C(=O)NCCNc2ccc([N+](=O)[O-])cc2)cs1. The van der Waals surface area contributed by atoms with Gasteiger partial charge in [0.05, 0.1) is 21.2 Å². The zero-order valence-electron chi connectivity index (χ0n) is 15.8. The minimum Gasteiger partial charge on any atom is -0.383 e. The summed E-state index contributed by atoms with van der Waals surface area (Å²) in [4.78, 5) is 28.2. The van der Waals surface area contributed by atoms with Crippen molar-refractivity contribution in [3.63, 3.8) is 0 Å². The Bertz CT molecular complexity index is 989. The van der Waals surface area contributed by atoms with Crippen molar-refractivity contribution in [2.45, 2.75) is 17.6 Å². The van der Waals surface area contributed by atoms with E-state index in [2.05, 4.69) is 15.6 Å². The minimum atomic E-state index is -0.435. The molecule has 0 aliphatic rings. The quantitative estimate of drug-likeness (QED) is 0.225. The predicted octanol–water partition coefficient (Wildman–Crippen LogP) is 4.49. The van der Waals surface area contributed by atoms with Gasteiger partial charge in [0.25, 0.3) is 11.6 Å². The fourth-order valence-corrected chi connectivity index (χ4v) is 4.25. The fourth-order valence-electron chi connectivity index (χ4n) is 2.59. The summed E-state index contributed by atoms with van der Waals surface area (Å²) >= 11 is 3.21. The van der Waals surface area contributed by atoms with Crippen LogP contribution >= 0.6 is 23.1 Å². The lowest BCUT2D eigenvalue weighted by Gasteiger charge is -2.10. The molecule has 2 N–H and O–H groups in total. The maximum atomic E-state index is 12.6. The van der Waals surface area contributed by atoms with Crippen molar-refractivity contribution in [1.82, 2.24) is 10.3 Å². The van der Waals surface area contributed by atoms with Gasteiger partial charge in [-0.1, -0.05) is 12.1 Å². The molecule has 0 unspecified atom stereocenters. The molecule has 0 bridgehead atoms. The van der Waals surface area contributed by atoms with E-state index in [4.69, 9.17) is 0 Å². The summed E-state index contributed by atoms with van der Waals surface area (Å²) in [5, 5.41) is 19.8. The molecule has 1 heterocycles. The van der Waals surface area contributed by atoms with Crippen LogP contribution in [0.15, 0.2) is 58.8 Å². The van der Waals surface area contributed by atoms with Crippen LogP contribution in [0.5, 0.6) is 0 Å². The highest BCUT2D eigenvalue weighted by Gasteiger charge is 2.11. The Balaban J connectivity index is 1.49. The lowest BCUT2D eigenvalue weighted by molar-refractivity contribution is -0.384. The van der Waals surface area contributed by atoms with Crippen molar-refractivity contribution in [2.24, 2.45) is 0 Å². The second-order valence-electron chi connectivity index (χ2n) is 6.13. The molecule has 7 nitrogen and oxygen atoms in total. The molecule has 0 radical (unpaired) electrons. The number of nitrogens with zero attached hydrogens (tertiary/aromatic N) is 2. The van der Waals surface area contributed by atoms with Gasteiger partial charge in [0, 0.05) is 46.9 Å². The van der Waals surface area contributed by atoms with Crippen LogP contribution in [0.1, 0.15) is 21.1 Å². The first-order valence-electron chi connectivity index (χ1n) is 8.92. The molecule has 3 rings (SSSR count). The molecule has 2 aromatic carbocycles. The Hall–Kier alpha value is -2.91. The van der Waals surface area contributed by atoms with Crippen molar-refractivity contribution >= 4 is 40.4 Å². The third-order valence-corrected chi connectivity index (χ3v) is 5.92. The van der Waals surface area contributed by atoms with Crippen LogP contribution in [0.25, 0.3) is 0 Å². The van der Waals surface area contributed by atoms with Gasteiger partial charge in [-0.3, -0.25) is 14.9 Å². The maximum absolute atomic E-state index is 12.6. The number of nitrogens with one attached hydrogen (secondary N) is 2. The van der Waals surface area contributed by atoms with Crippen molar-refractivity contribution in [1.29, 1.82) is 0 Å². The minimum absolute atomic E-state index is 0.0470. The van der Waals surface area contributed by atoms with E-state index in [1.54, 1.807) is 35.2 Å². The smallest absolute Gasteiger partial charge is 0.269 e. The highest BCUT2D eigenvalue weighted by molar-refractivity contribution is 7.98. The second kappa shape index (κ2) is 10.0. The number of carbonyl (C=O) groups excluding carboxylic acids is 1. The summed E-state index contributed by atoms with van der Waals surface area (Å²) in [5.74, 6) is 0.587. The number of amides is 1. The lowest BCUT2D eigenvalue weighted by Crippen LogP contribution is -2.29. The van der Waals surface area contributed by atoms with Gasteiger partial charge in [-0.05, 0) is 31.2 Å². The number of thiazole rings is 1. The number of nitro groups is 1. The lowest BCUT2D eigenvalue weighted by atomic mass is 10.2. The van der Waals surface area contributed by atoms with Gasteiger partial charge in [0.1, 0.15) is 0 Å². The Morgan fingerprint density at radius 2 is 1.93 bits per heavy atom. The van der Waals surface area contributed by atoms with E-state index in [0.717, 1.165) is 27.0 Å². The fraction of sp³-hybridized carbons (Fsp3) is 0.200. The van der Waals surface area contributed by atoms with E-state index in [-0.39, 0.29) is 11.6 Å². The monoisotopic (exact) mass is 428 g/mol. The van der Waals surface area contributed by atoms with Crippen LogP contribution < -0.4 is 10.6 Å². The Labute approximate surface area is 176 Å². The second-order valence-corrected chi connectivity index (χ2v) is 8.21. The number of thioether (sulfide) groups is 1. The van der Waals surface area contributed by atoms with Gasteiger partial charge in [0.2, 0.25) is 0 Å². The summed E-state index contributed by atoms with van der Waals surface area (Å²) in [5.41, 5.74) is 2.46. The zero-order chi connectivity index (χ0) is 20.6. The molecule has 0 saturated carbocycles. The topological polar surface area (TPSA) is 97.2 Å². The summed E-state index contributed by atoms with van der Waals surface area (Å²) in [6, 6.07) is 13.7. The van der Waals surface area contributed by atoms with Gasteiger partial charge in [-0.2, -0.15) is 0 Å². The molecule has 0 aliphatic carbocycles. The number of anilines is 1. The van der Waals surface area contributed by atoms with Crippen LogP contribution in [0.2, 0.25) is 0 Å². The highest BCUT2D eigenvalue weighted by Crippen LogP contribution is 2.26. The third-order valence-electron chi connectivity index (χ3n) is 3.99. The van der Waals surface area contributed by atoms with E-state index < -0.39 is 4.92 Å². The predicted molar refractivity (Wildman–Crippen MR) is 117 cm³/mol. The molecular formula is C20H20N4O3S2. The number of non-ortho nitro benzene ring substituents is 1. The summed E-state index contributed by atoms with van der Waals surface area (Å²) in [7, 11) is 0. The van der Waals surface area contributed by atoms with E-state index in [9.17, 15) is 14.9 Å². The van der Waals surface area contributed by atoms with E-state index in [1.807, 2.05) is 36.6 Å². The Kier molecular flexibility index (Phi) is 7.20. The van der Waals surface area contributed by atoms with Crippen molar-refractivity contribution < 1.29 is 9.72 Å². The van der Waals surface area contributed by atoms with Crippen molar-refractivity contribution in [2.75, 3.05) is 18.4 Å². The van der Waals surface area contributed by atoms with Gasteiger partial charge in [0.15, 0.2) is 0 Å². The molecule has 150 valence electrons. The van der Waals surface area contributed by atoms with E-state index >= 15 is 0 Å². The van der Waals surface area contributed by atoms with Crippen LogP contribution in [-0.4, -0.2) is 28.9 Å². The van der Waals surface area contributed by atoms with E-state index in [1.165, 1.54) is 12.1 Å². The third kappa shape index (κ3) is 6.03. The standard InChI is InChI=1S/C20H20N4O3S2/c1-14-23-16(12-28-14)13-29-19-5-3-2-4-18(19)20(25)22-11-10-21-15-6-8-17(9-7-15)24(26)27/h2-9,12,21H,10-11,13H2,1H3,(H,22,25). The Morgan fingerprint density at radius 1 is 1.17 bits per heavy atom. The van der Waals surface area contributed by atoms with Crippen LogP contribution in [-0.2, 0) is 5.75 Å². The summed E-state index contributed by atoms with van der Waals surface area (Å²) in [6.07, 6.45) is 0. The van der Waals surface area contributed by atoms with Gasteiger partial charge in [-0.25, -0.2) is 4.98 Å². The molecule has 3 aromatic rings. The molecule has 0 spiro atoms. The van der Waals surface area contributed by atoms with E-state index in [0.29, 0.717) is 18.7 Å². The van der Waals surface area contributed by atoms with Crippen LogP contribution in [0.3, 0.4) is 0 Å². The van der Waals surface area contributed by atoms with Crippen molar-refractivity contribution in [3.8, 4) is 0 Å². The largest absolute Gasteiger partial charge is 0.383 e. The number of carbonyl (C=O) groups is 1. The highest BCUT2D eigenvalue weighted by atomic mass is 32.2.